The van der Waals surface area contributed by atoms with Gasteiger partial charge >= 0.3 is 0 Å². The molecular formula is C15H18N2O4. The summed E-state index contributed by atoms with van der Waals surface area (Å²) < 4.78 is 5.22. The van der Waals surface area contributed by atoms with Crippen LogP contribution < -0.4 is 10.1 Å². The number of carbonyl (C=O) groups excluding carboxylic acids is 3. The summed E-state index contributed by atoms with van der Waals surface area (Å²) in [5.41, 5.74) is 1.77. The Morgan fingerprint density at radius 2 is 2.14 bits per heavy atom. The van der Waals surface area contributed by atoms with Gasteiger partial charge in [-0.25, -0.2) is 0 Å². The summed E-state index contributed by atoms with van der Waals surface area (Å²) in [6.07, 6.45) is 0.127. The van der Waals surface area contributed by atoms with Crippen LogP contribution in [0.3, 0.4) is 0 Å². The minimum absolute atomic E-state index is 0.0886. The number of ether oxygens (including phenoxy) is 1. The number of benzene rings is 1. The highest BCUT2D eigenvalue weighted by Gasteiger charge is 2.33. The zero-order valence-corrected chi connectivity index (χ0v) is 12.3. The second-order valence-corrected chi connectivity index (χ2v) is 5.09. The van der Waals surface area contributed by atoms with E-state index < -0.39 is 17.9 Å². The van der Waals surface area contributed by atoms with Crippen molar-refractivity contribution in [3.63, 3.8) is 0 Å². The molecule has 21 heavy (non-hydrogen) atoms. The molecule has 1 saturated heterocycles. The van der Waals surface area contributed by atoms with Gasteiger partial charge in [-0.2, -0.15) is 0 Å². The largest absolute Gasteiger partial charge is 0.496 e. The summed E-state index contributed by atoms with van der Waals surface area (Å²) in [7, 11) is 1.57. The van der Waals surface area contributed by atoms with Gasteiger partial charge < -0.3 is 9.64 Å². The predicted octanol–water partition coefficient (Wildman–Crippen LogP) is 0.420. The summed E-state index contributed by atoms with van der Waals surface area (Å²) in [5.74, 6) is -0.438. The quantitative estimate of drug-likeness (QED) is 0.819. The fraction of sp³-hybridized carbons (Fsp3) is 0.400. The highest BCUT2D eigenvalue weighted by atomic mass is 16.5. The summed E-state index contributed by atoms with van der Waals surface area (Å²) in [6, 6.07) is 4.87. The maximum atomic E-state index is 12.3. The second-order valence-electron chi connectivity index (χ2n) is 5.09. The number of hydrogen-bond acceptors (Lipinski definition) is 4. The minimum atomic E-state index is -0.637. The van der Waals surface area contributed by atoms with E-state index in [1.165, 1.54) is 4.90 Å². The molecule has 0 aromatic heterocycles. The summed E-state index contributed by atoms with van der Waals surface area (Å²) in [5, 5.41) is 2.21. The molecule has 1 unspecified atom stereocenters. The Bertz CT molecular complexity index is 597. The highest BCUT2D eigenvalue weighted by molar-refractivity contribution is 6.04. The Morgan fingerprint density at radius 3 is 2.81 bits per heavy atom. The molecule has 0 bridgehead atoms. The predicted molar refractivity (Wildman–Crippen MR) is 75.8 cm³/mol. The van der Waals surface area contributed by atoms with E-state index in [9.17, 15) is 14.4 Å². The number of amides is 3. The molecule has 1 aliphatic heterocycles. The van der Waals surface area contributed by atoms with Crippen molar-refractivity contribution in [1.82, 2.24) is 10.2 Å². The first-order valence-corrected chi connectivity index (χ1v) is 6.69. The number of aryl methyl sites for hydroxylation is 1. The van der Waals surface area contributed by atoms with Gasteiger partial charge in [0.2, 0.25) is 17.7 Å². The molecule has 0 aliphatic carbocycles. The Morgan fingerprint density at radius 1 is 1.43 bits per heavy atom. The molecular weight excluding hydrogens is 272 g/mol. The molecule has 1 heterocycles. The van der Waals surface area contributed by atoms with Crippen LogP contribution in [0.25, 0.3) is 0 Å². The topological polar surface area (TPSA) is 75.7 Å². The van der Waals surface area contributed by atoms with Crippen LogP contribution in [-0.4, -0.2) is 42.3 Å². The molecule has 2 rings (SSSR count). The molecule has 3 amide bonds. The van der Waals surface area contributed by atoms with Crippen molar-refractivity contribution in [3.8, 4) is 5.75 Å². The van der Waals surface area contributed by atoms with Gasteiger partial charge in [0.1, 0.15) is 18.3 Å². The SMILES string of the molecule is COc1cc(CC(=O)N2CC(=O)NC(=O)C2C)ccc1C. The van der Waals surface area contributed by atoms with Crippen LogP contribution in [0, 0.1) is 6.92 Å². The monoisotopic (exact) mass is 290 g/mol. The molecule has 6 nitrogen and oxygen atoms in total. The Balaban J connectivity index is 2.13. The lowest BCUT2D eigenvalue weighted by Gasteiger charge is -2.31. The van der Waals surface area contributed by atoms with Gasteiger partial charge in [0, 0.05) is 0 Å². The Hall–Kier alpha value is -2.37. The Labute approximate surface area is 123 Å². The molecule has 1 aliphatic rings. The van der Waals surface area contributed by atoms with Gasteiger partial charge in [0.25, 0.3) is 0 Å². The van der Waals surface area contributed by atoms with Crippen LogP contribution in [0.1, 0.15) is 18.1 Å². The second kappa shape index (κ2) is 5.95. The van der Waals surface area contributed by atoms with E-state index >= 15 is 0 Å². The van der Waals surface area contributed by atoms with Gasteiger partial charge in [-0.05, 0) is 31.0 Å². The fourth-order valence-corrected chi connectivity index (χ4v) is 2.27. The highest BCUT2D eigenvalue weighted by Crippen LogP contribution is 2.20. The van der Waals surface area contributed by atoms with Gasteiger partial charge in [-0.1, -0.05) is 12.1 Å². The van der Waals surface area contributed by atoms with Crippen LogP contribution in [0.15, 0.2) is 18.2 Å². The number of rotatable bonds is 3. The van der Waals surface area contributed by atoms with Gasteiger partial charge in [-0.3, -0.25) is 19.7 Å². The van der Waals surface area contributed by atoms with E-state index in [2.05, 4.69) is 5.32 Å². The summed E-state index contributed by atoms with van der Waals surface area (Å²) in [4.78, 5) is 36.6. The number of nitrogens with one attached hydrogen (secondary N) is 1. The Kier molecular flexibility index (Phi) is 4.26. The van der Waals surface area contributed by atoms with E-state index in [4.69, 9.17) is 4.74 Å². The van der Waals surface area contributed by atoms with Crippen LogP contribution in [0.4, 0.5) is 0 Å². The minimum Gasteiger partial charge on any atom is -0.496 e. The molecule has 1 aromatic rings. The third kappa shape index (κ3) is 3.21. The fourth-order valence-electron chi connectivity index (χ4n) is 2.27. The van der Waals surface area contributed by atoms with Crippen molar-refractivity contribution in [2.45, 2.75) is 26.3 Å². The molecule has 112 valence electrons. The number of methoxy groups -OCH3 is 1. The van der Waals surface area contributed by atoms with Gasteiger partial charge in [0.05, 0.1) is 13.5 Å². The van der Waals surface area contributed by atoms with Crippen molar-refractivity contribution in [1.29, 1.82) is 0 Å². The number of imide groups is 1. The third-order valence-electron chi connectivity index (χ3n) is 3.57. The first-order valence-electron chi connectivity index (χ1n) is 6.69. The molecule has 0 radical (unpaired) electrons. The first-order chi connectivity index (χ1) is 9.92. The van der Waals surface area contributed by atoms with Crippen molar-refractivity contribution >= 4 is 17.7 Å². The van der Waals surface area contributed by atoms with Crippen molar-refractivity contribution in [2.24, 2.45) is 0 Å². The lowest BCUT2D eigenvalue weighted by Crippen LogP contribution is -2.58. The zero-order valence-electron chi connectivity index (χ0n) is 12.3. The summed E-state index contributed by atoms with van der Waals surface area (Å²) in [6.45, 7) is 3.43. The van der Waals surface area contributed by atoms with Crippen LogP contribution in [0.5, 0.6) is 5.75 Å². The van der Waals surface area contributed by atoms with Crippen LogP contribution in [0.2, 0.25) is 0 Å². The number of hydrogen-bond donors (Lipinski definition) is 1. The number of nitrogens with zero attached hydrogens (tertiary/aromatic N) is 1. The van der Waals surface area contributed by atoms with Gasteiger partial charge in [-0.15, -0.1) is 0 Å². The smallest absolute Gasteiger partial charge is 0.249 e. The van der Waals surface area contributed by atoms with E-state index in [0.717, 1.165) is 11.1 Å². The molecule has 1 atom stereocenters. The van der Waals surface area contributed by atoms with Crippen molar-refractivity contribution in [3.05, 3.63) is 29.3 Å². The van der Waals surface area contributed by atoms with Gasteiger partial charge in [0.15, 0.2) is 0 Å². The number of carbonyl (C=O) groups is 3. The standard InChI is InChI=1S/C15H18N2O4/c1-9-4-5-11(6-12(9)21-3)7-14(19)17-8-13(18)16-15(20)10(17)2/h4-6,10H,7-8H2,1-3H3,(H,16,18,20). The maximum absolute atomic E-state index is 12.3. The van der Waals surface area contributed by atoms with Crippen molar-refractivity contribution in [2.75, 3.05) is 13.7 Å². The molecule has 0 spiro atoms. The average Bonchev–Trinajstić information content (AvgIpc) is 2.44. The maximum Gasteiger partial charge on any atom is 0.249 e. The zero-order chi connectivity index (χ0) is 15.6. The summed E-state index contributed by atoms with van der Waals surface area (Å²) >= 11 is 0. The molecule has 1 N–H and O–H groups in total. The lowest BCUT2D eigenvalue weighted by atomic mass is 10.1. The van der Waals surface area contributed by atoms with E-state index in [1.54, 1.807) is 20.1 Å². The number of piperazine rings is 1. The third-order valence-corrected chi connectivity index (χ3v) is 3.57. The van der Waals surface area contributed by atoms with Crippen molar-refractivity contribution < 1.29 is 19.1 Å². The lowest BCUT2D eigenvalue weighted by molar-refractivity contribution is -0.149. The normalized spacial score (nSPS) is 18.4. The van der Waals surface area contributed by atoms with E-state index in [1.807, 2.05) is 19.1 Å². The van der Waals surface area contributed by atoms with Crippen LogP contribution in [-0.2, 0) is 20.8 Å². The van der Waals surface area contributed by atoms with Crippen LogP contribution >= 0.6 is 0 Å². The molecule has 6 heteroatoms. The average molecular weight is 290 g/mol. The molecule has 1 aromatic carbocycles. The molecule has 1 fully saturated rings. The molecule has 0 saturated carbocycles. The van der Waals surface area contributed by atoms with E-state index in [0.29, 0.717) is 5.75 Å². The van der Waals surface area contributed by atoms with E-state index in [-0.39, 0.29) is 18.9 Å². The first kappa shape index (κ1) is 15.0.